The van der Waals surface area contributed by atoms with E-state index < -0.39 is 26.7 Å². The fourth-order valence-electron chi connectivity index (χ4n) is 1.78. The van der Waals surface area contributed by atoms with E-state index in [4.69, 9.17) is 5.11 Å². The number of halogens is 1. The molecular weight excluding hydrogens is 285 g/mol. The number of carboxylic acids is 1. The largest absolute Gasteiger partial charge is 0.478 e. The molecule has 0 aliphatic rings. The van der Waals surface area contributed by atoms with E-state index in [-0.39, 0.29) is 24.6 Å². The Bertz CT molecular complexity index is 598. The summed E-state index contributed by atoms with van der Waals surface area (Å²) >= 11 is 0. The molecule has 0 radical (unpaired) electrons. The van der Waals surface area contributed by atoms with Crippen LogP contribution in [0, 0.1) is 11.7 Å². The van der Waals surface area contributed by atoms with E-state index in [1.807, 2.05) is 13.8 Å². The predicted octanol–water partition coefficient (Wildman–Crippen LogP) is 2.19. The number of nitrogens with zero attached hydrogens (tertiary/aromatic N) is 1. The van der Waals surface area contributed by atoms with Crippen molar-refractivity contribution in [2.24, 2.45) is 5.92 Å². The van der Waals surface area contributed by atoms with Gasteiger partial charge in [0.05, 0.1) is 5.56 Å². The van der Waals surface area contributed by atoms with Gasteiger partial charge in [-0.05, 0) is 24.1 Å². The lowest BCUT2D eigenvalue weighted by molar-refractivity contribution is 0.0696. The van der Waals surface area contributed by atoms with Crippen molar-refractivity contribution in [2.45, 2.75) is 25.7 Å². The highest BCUT2D eigenvalue weighted by atomic mass is 32.2. The standard InChI is InChI=1S/C13H18FNO4S/c1-4-15(8-9(2)3)20(18,19)12-7-10(13(16)17)5-6-11(12)14/h5-7,9H,4,8H2,1-3H3,(H,16,17). The van der Waals surface area contributed by atoms with Crippen LogP contribution in [0.1, 0.15) is 31.1 Å². The normalized spacial score (nSPS) is 12.1. The lowest BCUT2D eigenvalue weighted by Crippen LogP contribution is -2.34. The fraction of sp³-hybridized carbons (Fsp3) is 0.462. The third-order valence-corrected chi connectivity index (χ3v) is 4.67. The van der Waals surface area contributed by atoms with E-state index in [0.717, 1.165) is 22.5 Å². The Labute approximate surface area is 118 Å². The third-order valence-electron chi connectivity index (χ3n) is 2.72. The Hall–Kier alpha value is -1.47. The van der Waals surface area contributed by atoms with E-state index in [2.05, 4.69) is 0 Å². The predicted molar refractivity (Wildman–Crippen MR) is 72.6 cm³/mol. The van der Waals surface area contributed by atoms with Crippen molar-refractivity contribution >= 4 is 16.0 Å². The maximum absolute atomic E-state index is 13.8. The molecule has 20 heavy (non-hydrogen) atoms. The number of carboxylic acid groups (broad SMARTS) is 1. The van der Waals surface area contributed by atoms with E-state index in [1.54, 1.807) is 6.92 Å². The number of hydrogen-bond acceptors (Lipinski definition) is 3. The number of hydrogen-bond donors (Lipinski definition) is 1. The number of rotatable bonds is 6. The Balaban J connectivity index is 3.33. The summed E-state index contributed by atoms with van der Waals surface area (Å²) in [5, 5.41) is 8.88. The average molecular weight is 303 g/mol. The van der Waals surface area contributed by atoms with Gasteiger partial charge >= 0.3 is 5.97 Å². The van der Waals surface area contributed by atoms with Crippen molar-refractivity contribution in [1.82, 2.24) is 4.31 Å². The molecule has 1 aromatic rings. The summed E-state index contributed by atoms with van der Waals surface area (Å²) in [7, 11) is -4.04. The first-order valence-electron chi connectivity index (χ1n) is 6.23. The first-order valence-corrected chi connectivity index (χ1v) is 7.67. The summed E-state index contributed by atoms with van der Waals surface area (Å²) < 4.78 is 39.7. The van der Waals surface area contributed by atoms with Crippen molar-refractivity contribution < 1.29 is 22.7 Å². The maximum Gasteiger partial charge on any atom is 0.335 e. The SMILES string of the molecule is CCN(CC(C)C)S(=O)(=O)c1cc(C(=O)O)ccc1F. The van der Waals surface area contributed by atoms with Crippen LogP contribution in [0.15, 0.2) is 23.1 Å². The third kappa shape index (κ3) is 3.55. The average Bonchev–Trinajstić information content (AvgIpc) is 2.35. The summed E-state index contributed by atoms with van der Waals surface area (Å²) in [5.74, 6) is -2.17. The number of benzene rings is 1. The van der Waals surface area contributed by atoms with Crippen LogP contribution in [0.25, 0.3) is 0 Å². The summed E-state index contributed by atoms with van der Waals surface area (Å²) in [4.78, 5) is 10.3. The Morgan fingerprint density at radius 1 is 1.40 bits per heavy atom. The number of carbonyl (C=O) groups is 1. The highest BCUT2D eigenvalue weighted by Crippen LogP contribution is 2.21. The van der Waals surface area contributed by atoms with Crippen LogP contribution in [0.4, 0.5) is 4.39 Å². The summed E-state index contributed by atoms with van der Waals surface area (Å²) in [6, 6.07) is 2.75. The molecule has 0 fully saturated rings. The molecule has 0 aliphatic carbocycles. The highest BCUT2D eigenvalue weighted by Gasteiger charge is 2.27. The molecule has 0 heterocycles. The van der Waals surface area contributed by atoms with Gasteiger partial charge < -0.3 is 5.11 Å². The van der Waals surface area contributed by atoms with E-state index in [1.165, 1.54) is 0 Å². The van der Waals surface area contributed by atoms with E-state index in [9.17, 15) is 17.6 Å². The number of aromatic carboxylic acids is 1. The molecule has 0 bridgehead atoms. The molecule has 0 spiro atoms. The molecule has 0 amide bonds. The molecule has 112 valence electrons. The second kappa shape index (κ2) is 6.32. The Morgan fingerprint density at radius 2 is 2.00 bits per heavy atom. The van der Waals surface area contributed by atoms with Crippen LogP contribution in [-0.2, 0) is 10.0 Å². The molecule has 1 rings (SSSR count). The van der Waals surface area contributed by atoms with Crippen molar-refractivity contribution in [1.29, 1.82) is 0 Å². The Kier molecular flexibility index (Phi) is 5.24. The zero-order chi connectivity index (χ0) is 15.5. The van der Waals surface area contributed by atoms with E-state index in [0.29, 0.717) is 0 Å². The van der Waals surface area contributed by atoms with Crippen molar-refractivity contribution in [3.63, 3.8) is 0 Å². The van der Waals surface area contributed by atoms with Crippen molar-refractivity contribution in [2.75, 3.05) is 13.1 Å². The molecule has 0 aromatic heterocycles. The van der Waals surface area contributed by atoms with Gasteiger partial charge in [-0.25, -0.2) is 17.6 Å². The van der Waals surface area contributed by atoms with Gasteiger partial charge in [0.2, 0.25) is 10.0 Å². The summed E-state index contributed by atoms with van der Waals surface area (Å²) in [6.45, 7) is 5.79. The second-order valence-corrected chi connectivity index (χ2v) is 6.71. The molecule has 7 heteroatoms. The zero-order valence-electron chi connectivity index (χ0n) is 11.6. The quantitative estimate of drug-likeness (QED) is 0.874. The van der Waals surface area contributed by atoms with Crippen molar-refractivity contribution in [3.05, 3.63) is 29.6 Å². The zero-order valence-corrected chi connectivity index (χ0v) is 12.4. The smallest absolute Gasteiger partial charge is 0.335 e. The topological polar surface area (TPSA) is 74.7 Å². The van der Waals surface area contributed by atoms with Crippen LogP contribution in [0.2, 0.25) is 0 Å². The molecule has 0 saturated carbocycles. The second-order valence-electron chi connectivity index (χ2n) is 4.80. The van der Waals surface area contributed by atoms with Gasteiger partial charge in [-0.1, -0.05) is 20.8 Å². The van der Waals surface area contributed by atoms with E-state index >= 15 is 0 Å². The number of sulfonamides is 1. The molecule has 1 N–H and O–H groups in total. The first-order chi connectivity index (χ1) is 9.20. The van der Waals surface area contributed by atoms with Crippen molar-refractivity contribution in [3.8, 4) is 0 Å². The van der Waals surface area contributed by atoms with Gasteiger partial charge in [0, 0.05) is 13.1 Å². The fourth-order valence-corrected chi connectivity index (χ4v) is 3.48. The molecule has 0 saturated heterocycles. The molecule has 0 aliphatic heterocycles. The monoisotopic (exact) mass is 303 g/mol. The Morgan fingerprint density at radius 3 is 2.45 bits per heavy atom. The van der Waals surface area contributed by atoms with Crippen LogP contribution in [0.5, 0.6) is 0 Å². The van der Waals surface area contributed by atoms with Crippen LogP contribution < -0.4 is 0 Å². The molecule has 0 unspecified atom stereocenters. The molecular formula is C13H18FNO4S. The van der Waals surface area contributed by atoms with Gasteiger partial charge in [-0.3, -0.25) is 0 Å². The molecule has 0 atom stereocenters. The minimum Gasteiger partial charge on any atom is -0.478 e. The first kappa shape index (κ1) is 16.6. The van der Waals surface area contributed by atoms with Crippen LogP contribution >= 0.6 is 0 Å². The summed E-state index contributed by atoms with van der Waals surface area (Å²) in [6.07, 6.45) is 0. The van der Waals surface area contributed by atoms with Gasteiger partial charge in [0.25, 0.3) is 0 Å². The van der Waals surface area contributed by atoms with Crippen LogP contribution in [0.3, 0.4) is 0 Å². The molecule has 1 aromatic carbocycles. The van der Waals surface area contributed by atoms with Crippen LogP contribution in [-0.4, -0.2) is 36.9 Å². The lowest BCUT2D eigenvalue weighted by Gasteiger charge is -2.22. The van der Waals surface area contributed by atoms with Gasteiger partial charge in [0.1, 0.15) is 10.7 Å². The molecule has 5 nitrogen and oxygen atoms in total. The van der Waals surface area contributed by atoms with Gasteiger partial charge in [-0.15, -0.1) is 0 Å². The summed E-state index contributed by atoms with van der Waals surface area (Å²) in [5.41, 5.74) is -0.259. The lowest BCUT2D eigenvalue weighted by atomic mass is 10.2. The minimum absolute atomic E-state index is 0.0791. The maximum atomic E-state index is 13.8. The van der Waals surface area contributed by atoms with Gasteiger partial charge in [-0.2, -0.15) is 4.31 Å². The highest BCUT2D eigenvalue weighted by molar-refractivity contribution is 7.89. The minimum atomic E-state index is -4.04. The van der Waals surface area contributed by atoms with Gasteiger partial charge in [0.15, 0.2) is 0 Å².